The predicted octanol–water partition coefficient (Wildman–Crippen LogP) is 3.62. The van der Waals surface area contributed by atoms with Crippen molar-refractivity contribution in [1.29, 1.82) is 0 Å². The number of aromatic nitrogens is 2. The molecular formula is C19H20N4O. The Kier molecular flexibility index (Phi) is 4.70. The highest BCUT2D eigenvalue weighted by Crippen LogP contribution is 2.13. The molecule has 0 spiro atoms. The standard InChI is InChI=1S/C19H20N4O/c1-3-23-18(24)16-11-7-8-12-17(16)21-19(23)22-20-13-14(2)15-9-5-4-6-10-15/h4-14H,3H2,1-2H3,(H,21,22)/b20-13-/t14-/m1/s1. The Balaban J connectivity index is 1.87. The molecule has 1 heterocycles. The summed E-state index contributed by atoms with van der Waals surface area (Å²) in [5.74, 6) is 0.624. The number of hydrogen-bond acceptors (Lipinski definition) is 4. The number of rotatable bonds is 5. The highest BCUT2D eigenvalue weighted by Gasteiger charge is 2.08. The van der Waals surface area contributed by atoms with E-state index < -0.39 is 0 Å². The zero-order valence-corrected chi connectivity index (χ0v) is 13.8. The van der Waals surface area contributed by atoms with Gasteiger partial charge in [0.1, 0.15) is 0 Å². The van der Waals surface area contributed by atoms with E-state index in [2.05, 4.69) is 34.6 Å². The van der Waals surface area contributed by atoms with Crippen molar-refractivity contribution in [3.05, 3.63) is 70.5 Å². The van der Waals surface area contributed by atoms with Crippen LogP contribution in [-0.2, 0) is 6.54 Å². The molecule has 0 aliphatic heterocycles. The van der Waals surface area contributed by atoms with Crippen molar-refractivity contribution in [2.45, 2.75) is 26.3 Å². The van der Waals surface area contributed by atoms with Gasteiger partial charge >= 0.3 is 0 Å². The molecule has 2 aromatic carbocycles. The first-order valence-corrected chi connectivity index (χ1v) is 8.04. The van der Waals surface area contributed by atoms with Gasteiger partial charge in [-0.3, -0.25) is 9.36 Å². The van der Waals surface area contributed by atoms with Gasteiger partial charge in [0.15, 0.2) is 0 Å². The van der Waals surface area contributed by atoms with Crippen LogP contribution in [0.2, 0.25) is 0 Å². The van der Waals surface area contributed by atoms with Crippen LogP contribution in [0.5, 0.6) is 0 Å². The van der Waals surface area contributed by atoms with Gasteiger partial charge < -0.3 is 0 Å². The summed E-state index contributed by atoms with van der Waals surface area (Å²) in [6, 6.07) is 17.5. The van der Waals surface area contributed by atoms with Gasteiger partial charge in [-0.2, -0.15) is 5.10 Å². The Morgan fingerprint density at radius 2 is 1.88 bits per heavy atom. The molecule has 1 N–H and O–H groups in total. The molecule has 122 valence electrons. The molecule has 0 amide bonds. The fourth-order valence-electron chi connectivity index (χ4n) is 2.60. The molecule has 3 aromatic rings. The Labute approximate surface area is 140 Å². The monoisotopic (exact) mass is 320 g/mol. The first kappa shape index (κ1) is 15.9. The van der Waals surface area contributed by atoms with Gasteiger partial charge in [0, 0.05) is 18.7 Å². The molecule has 0 saturated heterocycles. The lowest BCUT2D eigenvalue weighted by molar-refractivity contribution is 0.724. The molecule has 0 unspecified atom stereocenters. The lowest BCUT2D eigenvalue weighted by Crippen LogP contribution is -2.23. The molecule has 0 saturated carbocycles. The van der Waals surface area contributed by atoms with Crippen LogP contribution in [0.3, 0.4) is 0 Å². The molecule has 0 aliphatic carbocycles. The topological polar surface area (TPSA) is 59.3 Å². The van der Waals surface area contributed by atoms with E-state index in [1.54, 1.807) is 10.6 Å². The highest BCUT2D eigenvalue weighted by molar-refractivity contribution is 5.78. The van der Waals surface area contributed by atoms with E-state index in [-0.39, 0.29) is 11.5 Å². The number of anilines is 1. The number of para-hydroxylation sites is 1. The third kappa shape index (κ3) is 3.20. The number of nitrogens with zero attached hydrogens (tertiary/aromatic N) is 3. The molecule has 0 aliphatic rings. The zero-order chi connectivity index (χ0) is 16.9. The van der Waals surface area contributed by atoms with Crippen molar-refractivity contribution < 1.29 is 0 Å². The van der Waals surface area contributed by atoms with Gasteiger partial charge in [0.05, 0.1) is 10.9 Å². The smallest absolute Gasteiger partial charge is 0.262 e. The maximum atomic E-state index is 12.5. The molecule has 0 radical (unpaired) electrons. The van der Waals surface area contributed by atoms with Crippen molar-refractivity contribution in [3.8, 4) is 0 Å². The van der Waals surface area contributed by atoms with Crippen LogP contribution < -0.4 is 11.0 Å². The van der Waals surface area contributed by atoms with Crippen molar-refractivity contribution >= 4 is 23.1 Å². The predicted molar refractivity (Wildman–Crippen MR) is 98.6 cm³/mol. The Bertz CT molecular complexity index is 916. The maximum Gasteiger partial charge on any atom is 0.262 e. The van der Waals surface area contributed by atoms with Crippen LogP contribution in [0.4, 0.5) is 5.95 Å². The summed E-state index contributed by atoms with van der Waals surface area (Å²) >= 11 is 0. The molecule has 0 bridgehead atoms. The van der Waals surface area contributed by atoms with Crippen molar-refractivity contribution in [1.82, 2.24) is 9.55 Å². The first-order chi connectivity index (χ1) is 11.7. The van der Waals surface area contributed by atoms with Crippen molar-refractivity contribution in [2.75, 3.05) is 5.43 Å². The molecule has 3 rings (SSSR count). The Hall–Kier alpha value is -2.95. The molecule has 1 atom stereocenters. The van der Waals surface area contributed by atoms with Gasteiger partial charge in [-0.05, 0) is 24.6 Å². The third-order valence-corrected chi connectivity index (χ3v) is 3.97. The van der Waals surface area contributed by atoms with Gasteiger partial charge in [-0.1, -0.05) is 49.4 Å². The fraction of sp³-hybridized carbons (Fsp3) is 0.211. The quantitative estimate of drug-likeness (QED) is 0.577. The van der Waals surface area contributed by atoms with Crippen LogP contribution >= 0.6 is 0 Å². The number of hydrogen-bond donors (Lipinski definition) is 1. The van der Waals surface area contributed by atoms with Gasteiger partial charge in [-0.25, -0.2) is 10.4 Å². The molecule has 0 fully saturated rings. The van der Waals surface area contributed by atoms with E-state index in [0.29, 0.717) is 23.4 Å². The summed E-state index contributed by atoms with van der Waals surface area (Å²) < 4.78 is 1.59. The minimum absolute atomic E-state index is 0.0584. The average Bonchev–Trinajstić information content (AvgIpc) is 2.63. The molecular weight excluding hydrogens is 300 g/mol. The Morgan fingerprint density at radius 3 is 2.62 bits per heavy atom. The van der Waals surface area contributed by atoms with Crippen LogP contribution in [-0.4, -0.2) is 15.8 Å². The molecule has 5 heteroatoms. The Morgan fingerprint density at radius 1 is 1.17 bits per heavy atom. The summed E-state index contributed by atoms with van der Waals surface area (Å²) in [7, 11) is 0. The van der Waals surface area contributed by atoms with Crippen molar-refractivity contribution in [3.63, 3.8) is 0 Å². The average molecular weight is 320 g/mol. The van der Waals surface area contributed by atoms with Crippen LogP contribution in [0.25, 0.3) is 10.9 Å². The van der Waals surface area contributed by atoms with E-state index in [4.69, 9.17) is 0 Å². The highest BCUT2D eigenvalue weighted by atomic mass is 16.1. The van der Waals surface area contributed by atoms with Gasteiger partial charge in [-0.15, -0.1) is 0 Å². The van der Waals surface area contributed by atoms with E-state index in [0.717, 1.165) is 0 Å². The second-order valence-electron chi connectivity index (χ2n) is 5.59. The van der Waals surface area contributed by atoms with Gasteiger partial charge in [0.2, 0.25) is 5.95 Å². The number of fused-ring (bicyclic) bond motifs is 1. The summed E-state index contributed by atoms with van der Waals surface area (Å²) in [6.07, 6.45) is 1.82. The van der Waals surface area contributed by atoms with E-state index in [1.165, 1.54) is 5.56 Å². The summed E-state index contributed by atoms with van der Waals surface area (Å²) in [5.41, 5.74) is 4.71. The number of nitrogens with one attached hydrogen (secondary N) is 1. The zero-order valence-electron chi connectivity index (χ0n) is 13.8. The fourth-order valence-corrected chi connectivity index (χ4v) is 2.60. The molecule has 5 nitrogen and oxygen atoms in total. The van der Waals surface area contributed by atoms with E-state index in [9.17, 15) is 4.79 Å². The number of hydrazone groups is 1. The largest absolute Gasteiger partial charge is 0.277 e. The second kappa shape index (κ2) is 7.08. The maximum absolute atomic E-state index is 12.5. The van der Waals surface area contributed by atoms with Crippen molar-refractivity contribution in [2.24, 2.45) is 5.10 Å². The minimum Gasteiger partial charge on any atom is -0.277 e. The van der Waals surface area contributed by atoms with E-state index >= 15 is 0 Å². The minimum atomic E-state index is -0.0584. The van der Waals surface area contributed by atoms with Gasteiger partial charge in [0.25, 0.3) is 5.56 Å². The lowest BCUT2D eigenvalue weighted by Gasteiger charge is -2.11. The third-order valence-electron chi connectivity index (χ3n) is 3.97. The summed E-state index contributed by atoms with van der Waals surface area (Å²) in [4.78, 5) is 17.0. The van der Waals surface area contributed by atoms with E-state index in [1.807, 2.05) is 49.5 Å². The summed E-state index contributed by atoms with van der Waals surface area (Å²) in [5, 5.41) is 4.89. The van der Waals surface area contributed by atoms with Crippen LogP contribution in [0, 0.1) is 0 Å². The summed E-state index contributed by atoms with van der Waals surface area (Å²) in [6.45, 7) is 4.52. The number of benzene rings is 2. The second-order valence-corrected chi connectivity index (χ2v) is 5.59. The van der Waals surface area contributed by atoms with Crippen LogP contribution in [0.1, 0.15) is 25.3 Å². The molecule has 1 aromatic heterocycles. The van der Waals surface area contributed by atoms with Crippen LogP contribution in [0.15, 0.2) is 64.5 Å². The lowest BCUT2D eigenvalue weighted by atomic mass is 10.0. The first-order valence-electron chi connectivity index (χ1n) is 8.04. The molecule has 24 heavy (non-hydrogen) atoms. The SMILES string of the molecule is CCn1c(N/N=C\[C@@H](C)c2ccccc2)nc2ccccc2c1=O. The normalized spacial score (nSPS) is 12.6.